The molecule has 7 nitrogen and oxygen atoms in total. The summed E-state index contributed by atoms with van der Waals surface area (Å²) in [7, 11) is -3.75. The van der Waals surface area contributed by atoms with Crippen molar-refractivity contribution in [3.05, 3.63) is 76.9 Å². The zero-order valence-corrected chi connectivity index (χ0v) is 16.4. The minimum absolute atomic E-state index is 0.162. The van der Waals surface area contributed by atoms with Crippen molar-refractivity contribution >= 4 is 44.7 Å². The highest BCUT2D eigenvalue weighted by atomic mass is 35.5. The van der Waals surface area contributed by atoms with Crippen molar-refractivity contribution in [2.75, 3.05) is 10.0 Å². The maximum absolute atomic E-state index is 12.7. The Hall–Kier alpha value is -3.10. The Kier molecular flexibility index (Phi) is 5.53. The average Bonchev–Trinajstić information content (AvgIpc) is 2.61. The largest absolute Gasteiger partial charge is 0.365 e. The average molecular weight is 417 g/mol. The fourth-order valence-corrected chi connectivity index (χ4v) is 4.04. The van der Waals surface area contributed by atoms with Gasteiger partial charge >= 0.3 is 0 Å². The Morgan fingerprint density at radius 3 is 2.46 bits per heavy atom. The zero-order valence-electron chi connectivity index (χ0n) is 14.8. The summed E-state index contributed by atoms with van der Waals surface area (Å²) in [6, 6.07) is 16.2. The number of anilines is 3. The quantitative estimate of drug-likeness (QED) is 0.530. The van der Waals surface area contributed by atoms with Crippen molar-refractivity contribution in [2.45, 2.75) is 11.8 Å². The SMILES string of the molecule is Cc1ccccc1S(=O)(=O)Nc1cccc(Nc2nc(Cl)ccc2C(N)=O)c1. The predicted octanol–water partition coefficient (Wildman–Crippen LogP) is 3.69. The van der Waals surface area contributed by atoms with Gasteiger partial charge in [-0.15, -0.1) is 0 Å². The highest BCUT2D eigenvalue weighted by Gasteiger charge is 2.17. The second kappa shape index (κ2) is 7.87. The molecule has 0 saturated heterocycles. The Morgan fingerprint density at radius 2 is 1.75 bits per heavy atom. The van der Waals surface area contributed by atoms with Gasteiger partial charge in [-0.3, -0.25) is 9.52 Å². The number of halogens is 1. The molecule has 0 unspecified atom stereocenters. The van der Waals surface area contributed by atoms with Crippen molar-refractivity contribution in [2.24, 2.45) is 5.73 Å². The van der Waals surface area contributed by atoms with Gasteiger partial charge in [-0.25, -0.2) is 13.4 Å². The van der Waals surface area contributed by atoms with Crippen LogP contribution in [-0.2, 0) is 10.0 Å². The number of nitrogens with one attached hydrogen (secondary N) is 2. The summed E-state index contributed by atoms with van der Waals surface area (Å²) in [5, 5.41) is 3.12. The lowest BCUT2D eigenvalue weighted by atomic mass is 10.2. The van der Waals surface area contributed by atoms with E-state index in [1.165, 1.54) is 18.2 Å². The normalized spacial score (nSPS) is 11.1. The summed E-state index contributed by atoms with van der Waals surface area (Å²) < 4.78 is 27.9. The zero-order chi connectivity index (χ0) is 20.3. The van der Waals surface area contributed by atoms with Gasteiger partial charge < -0.3 is 11.1 Å². The molecule has 0 radical (unpaired) electrons. The molecular formula is C19H17ClN4O3S. The lowest BCUT2D eigenvalue weighted by Crippen LogP contribution is -2.15. The van der Waals surface area contributed by atoms with E-state index in [-0.39, 0.29) is 21.4 Å². The number of hydrogen-bond acceptors (Lipinski definition) is 5. The van der Waals surface area contributed by atoms with Gasteiger partial charge in [0.1, 0.15) is 11.0 Å². The maximum atomic E-state index is 12.7. The Morgan fingerprint density at radius 1 is 1.04 bits per heavy atom. The molecule has 1 aromatic heterocycles. The van der Waals surface area contributed by atoms with Crippen molar-refractivity contribution in [3.63, 3.8) is 0 Å². The first-order chi connectivity index (χ1) is 13.3. The molecule has 4 N–H and O–H groups in total. The number of aryl methyl sites for hydroxylation is 1. The van der Waals surface area contributed by atoms with Crippen molar-refractivity contribution in [1.82, 2.24) is 4.98 Å². The van der Waals surface area contributed by atoms with Crippen LogP contribution in [0.3, 0.4) is 0 Å². The summed E-state index contributed by atoms with van der Waals surface area (Å²) in [6.45, 7) is 1.72. The van der Waals surface area contributed by atoms with Crippen LogP contribution in [0.25, 0.3) is 0 Å². The first-order valence-electron chi connectivity index (χ1n) is 8.18. The third-order valence-corrected chi connectivity index (χ3v) is 5.64. The molecule has 0 saturated carbocycles. The fraction of sp³-hybridized carbons (Fsp3) is 0.0526. The number of primary amides is 1. The molecular weight excluding hydrogens is 400 g/mol. The van der Waals surface area contributed by atoms with Crippen molar-refractivity contribution in [1.29, 1.82) is 0 Å². The molecule has 3 aromatic rings. The molecule has 0 atom stereocenters. The third kappa shape index (κ3) is 4.41. The van der Waals surface area contributed by atoms with Gasteiger partial charge in [0.15, 0.2) is 0 Å². The summed E-state index contributed by atoms with van der Waals surface area (Å²) in [5.41, 5.74) is 7.00. The van der Waals surface area contributed by atoms with Gasteiger partial charge in [0.05, 0.1) is 16.1 Å². The number of carbonyl (C=O) groups excluding carboxylic acids is 1. The standard InChI is InChI=1S/C19H17ClN4O3S/c1-12-5-2-3-8-16(12)28(26,27)24-14-7-4-6-13(11-14)22-19-15(18(21)25)9-10-17(20)23-19/h2-11,24H,1H3,(H2,21,25)(H,22,23). The van der Waals surface area contributed by atoms with E-state index < -0.39 is 15.9 Å². The van der Waals surface area contributed by atoms with Gasteiger partial charge in [-0.1, -0.05) is 35.9 Å². The maximum Gasteiger partial charge on any atom is 0.262 e. The fourth-order valence-electron chi connectivity index (χ4n) is 2.59. The smallest absolute Gasteiger partial charge is 0.262 e. The minimum atomic E-state index is -3.75. The van der Waals surface area contributed by atoms with Gasteiger partial charge in [-0.2, -0.15) is 0 Å². The minimum Gasteiger partial charge on any atom is -0.365 e. The number of nitrogens with two attached hydrogens (primary N) is 1. The lowest BCUT2D eigenvalue weighted by molar-refractivity contribution is 0.100. The molecule has 0 spiro atoms. The van der Waals surface area contributed by atoms with Crippen molar-refractivity contribution in [3.8, 4) is 0 Å². The predicted molar refractivity (Wildman–Crippen MR) is 109 cm³/mol. The molecule has 9 heteroatoms. The Balaban J connectivity index is 1.89. The van der Waals surface area contributed by atoms with E-state index in [1.54, 1.807) is 49.4 Å². The van der Waals surface area contributed by atoms with E-state index in [2.05, 4.69) is 15.0 Å². The molecule has 0 aliphatic heterocycles. The number of pyridine rings is 1. The first-order valence-corrected chi connectivity index (χ1v) is 10.0. The Labute approximate surface area is 167 Å². The van der Waals surface area contributed by atoms with Crippen LogP contribution in [0.15, 0.2) is 65.6 Å². The van der Waals surface area contributed by atoms with Crippen LogP contribution in [0.5, 0.6) is 0 Å². The van der Waals surface area contributed by atoms with Crippen LogP contribution in [0.4, 0.5) is 17.2 Å². The molecule has 144 valence electrons. The van der Waals surface area contributed by atoms with Gasteiger partial charge in [-0.05, 0) is 48.9 Å². The molecule has 0 bridgehead atoms. The number of carbonyl (C=O) groups is 1. The van der Waals surface area contributed by atoms with Crippen LogP contribution >= 0.6 is 11.6 Å². The van der Waals surface area contributed by atoms with Crippen LogP contribution in [0, 0.1) is 6.92 Å². The third-order valence-electron chi connectivity index (χ3n) is 3.89. The molecule has 0 fully saturated rings. The molecule has 2 aromatic carbocycles. The molecule has 3 rings (SSSR count). The number of rotatable bonds is 6. The number of sulfonamides is 1. The van der Waals surface area contributed by atoms with E-state index in [1.807, 2.05) is 0 Å². The number of benzene rings is 2. The summed E-state index contributed by atoms with van der Waals surface area (Å²) in [6.07, 6.45) is 0. The number of amides is 1. The number of aromatic nitrogens is 1. The molecule has 1 amide bonds. The highest BCUT2D eigenvalue weighted by Crippen LogP contribution is 2.25. The van der Waals surface area contributed by atoms with Crippen LogP contribution in [-0.4, -0.2) is 19.3 Å². The van der Waals surface area contributed by atoms with E-state index >= 15 is 0 Å². The molecule has 0 aliphatic rings. The first kappa shape index (κ1) is 19.7. The van der Waals surface area contributed by atoms with E-state index in [4.69, 9.17) is 17.3 Å². The monoisotopic (exact) mass is 416 g/mol. The second-order valence-corrected chi connectivity index (χ2v) is 8.01. The van der Waals surface area contributed by atoms with E-state index in [0.29, 0.717) is 16.9 Å². The van der Waals surface area contributed by atoms with Gasteiger partial charge in [0.25, 0.3) is 15.9 Å². The van der Waals surface area contributed by atoms with Gasteiger partial charge in [0.2, 0.25) is 0 Å². The topological polar surface area (TPSA) is 114 Å². The Bertz CT molecular complexity index is 1150. The molecule has 28 heavy (non-hydrogen) atoms. The van der Waals surface area contributed by atoms with Crippen molar-refractivity contribution < 1.29 is 13.2 Å². The highest BCUT2D eigenvalue weighted by molar-refractivity contribution is 7.92. The summed E-state index contributed by atoms with van der Waals surface area (Å²) >= 11 is 5.89. The van der Waals surface area contributed by atoms with E-state index in [9.17, 15) is 13.2 Å². The second-order valence-electron chi connectivity index (χ2n) is 5.97. The van der Waals surface area contributed by atoms with Crippen LogP contribution in [0.1, 0.15) is 15.9 Å². The molecule has 0 aliphatic carbocycles. The van der Waals surface area contributed by atoms with E-state index in [0.717, 1.165) is 0 Å². The molecule has 1 heterocycles. The number of nitrogens with zero attached hydrogens (tertiary/aromatic N) is 1. The van der Waals surface area contributed by atoms with Crippen LogP contribution in [0.2, 0.25) is 5.15 Å². The number of hydrogen-bond donors (Lipinski definition) is 3. The lowest BCUT2D eigenvalue weighted by Gasteiger charge is -2.13. The summed E-state index contributed by atoms with van der Waals surface area (Å²) in [5.74, 6) is -0.484. The van der Waals surface area contributed by atoms with Gasteiger partial charge in [0, 0.05) is 5.69 Å². The van der Waals surface area contributed by atoms with Crippen LogP contribution < -0.4 is 15.8 Å². The summed E-state index contributed by atoms with van der Waals surface area (Å²) in [4.78, 5) is 15.8.